The van der Waals surface area contributed by atoms with Crippen molar-refractivity contribution < 1.29 is 57.9 Å². The maximum Gasteiger partial charge on any atom is 0.316 e. The number of oxime groups is 1. The van der Waals surface area contributed by atoms with E-state index in [0.717, 1.165) is 0 Å². The Morgan fingerprint density at radius 3 is 2.41 bits per heavy atom. The molecule has 3 fully saturated rings. The van der Waals surface area contributed by atoms with Crippen LogP contribution < -0.4 is 5.32 Å². The highest BCUT2D eigenvalue weighted by molar-refractivity contribution is 7.14. The van der Waals surface area contributed by atoms with Gasteiger partial charge in [-0.1, -0.05) is 51.0 Å². The summed E-state index contributed by atoms with van der Waals surface area (Å²) >= 11 is 1.22. The molecule has 4 aliphatic heterocycles. The number of benzene rings is 1. The van der Waals surface area contributed by atoms with E-state index in [4.69, 9.17) is 33.5 Å². The lowest BCUT2D eigenvalue weighted by atomic mass is 9.73. The fraction of sp³-hybridized carbons (Fsp3) is 0.652. The van der Waals surface area contributed by atoms with Gasteiger partial charge in [0, 0.05) is 40.6 Å². The number of para-hydroxylation sites is 1. The largest absolute Gasteiger partial charge is 0.459 e. The Balaban J connectivity index is 1.44. The zero-order valence-electron chi connectivity index (χ0n) is 37.9. The second-order valence-corrected chi connectivity index (χ2v) is 19.4. The molecule has 5 heterocycles. The van der Waals surface area contributed by atoms with E-state index in [9.17, 15) is 29.4 Å². The average Bonchev–Trinajstić information content (AvgIpc) is 3.71. The molecule has 3 saturated heterocycles. The maximum atomic E-state index is 14.5. The number of amides is 2. The average molecular weight is 897 g/mol. The van der Waals surface area contributed by atoms with Gasteiger partial charge in [-0.25, -0.2) is 4.99 Å². The minimum Gasteiger partial charge on any atom is -0.459 e. The van der Waals surface area contributed by atoms with Crippen LogP contribution in [0.2, 0.25) is 0 Å². The molecule has 14 atom stereocenters. The van der Waals surface area contributed by atoms with Crippen LogP contribution in [0.4, 0.5) is 5.69 Å². The van der Waals surface area contributed by atoms with Crippen molar-refractivity contribution in [1.29, 1.82) is 0 Å². The first-order chi connectivity index (χ1) is 29.7. The van der Waals surface area contributed by atoms with Gasteiger partial charge in [0.15, 0.2) is 12.1 Å². The number of likely N-dealkylation sites (N-methyl/N-ethyl adjacent to an activating group) is 1. The Kier molecular flexibility index (Phi) is 15.5. The summed E-state index contributed by atoms with van der Waals surface area (Å²) in [6.45, 7) is 13.3. The van der Waals surface area contributed by atoms with Gasteiger partial charge in [-0.15, -0.1) is 11.3 Å². The summed E-state index contributed by atoms with van der Waals surface area (Å²) in [4.78, 5) is 69.9. The number of aliphatic imine (C=N–C) groups is 1. The van der Waals surface area contributed by atoms with Gasteiger partial charge in [0.25, 0.3) is 11.8 Å². The van der Waals surface area contributed by atoms with Gasteiger partial charge in [-0.3, -0.25) is 19.2 Å². The number of ketones is 1. The molecule has 1 unspecified atom stereocenters. The number of hydrogen-bond donors (Lipinski definition) is 3. The SMILES string of the molecule is CC[C@H]1OC(=O)[C@H](C)C(=O)[C@H](C)[C@@H](O[C@@H]2O[C@H](C)C[C@H](N(C)C)[C@H]2O)[C@@]2(C)C[C@@H](C)C3=NC(=O)C(Cc4ccc(C(=O)Nc5ccccc5)s4)O/N=C(\CO[C@@H]([C@@H]3C)[C@]1(C)O)CO2. The smallest absolute Gasteiger partial charge is 0.316 e. The normalized spacial score (nSPS) is 38.0. The second-order valence-electron chi connectivity index (χ2n) is 18.2. The van der Waals surface area contributed by atoms with E-state index >= 15 is 0 Å². The highest BCUT2D eigenvalue weighted by atomic mass is 32.1. The fourth-order valence-corrected chi connectivity index (χ4v) is 10.4. The topological polar surface area (TPSA) is 204 Å². The molecule has 1 aromatic carbocycles. The molecule has 4 aliphatic rings. The number of thiophene rings is 1. The van der Waals surface area contributed by atoms with Gasteiger partial charge in [-0.2, -0.15) is 0 Å². The molecule has 0 aliphatic carbocycles. The summed E-state index contributed by atoms with van der Waals surface area (Å²) < 4.78 is 32.4. The number of fused-ring (bicyclic) bond motifs is 4. The second kappa shape index (κ2) is 20.1. The number of anilines is 1. The Bertz CT molecular complexity index is 2020. The van der Waals surface area contributed by atoms with Crippen molar-refractivity contribution in [2.45, 2.75) is 141 Å². The van der Waals surface area contributed by atoms with Crippen LogP contribution in [0.5, 0.6) is 0 Å². The van der Waals surface area contributed by atoms with Crippen molar-refractivity contribution in [3.63, 3.8) is 0 Å². The molecule has 3 N–H and O–H groups in total. The van der Waals surface area contributed by atoms with Gasteiger partial charge < -0.3 is 49.0 Å². The number of carbonyl (C=O) groups is 4. The highest BCUT2D eigenvalue weighted by Gasteiger charge is 2.53. The molecular weight excluding hydrogens is 833 g/mol. The van der Waals surface area contributed by atoms with Gasteiger partial charge in [0.2, 0.25) is 6.10 Å². The minimum atomic E-state index is -1.86. The first kappa shape index (κ1) is 48.5. The number of esters is 1. The van der Waals surface area contributed by atoms with Gasteiger partial charge >= 0.3 is 5.97 Å². The monoisotopic (exact) mass is 896 g/mol. The number of nitrogens with zero attached hydrogens (tertiary/aromatic N) is 3. The van der Waals surface area contributed by atoms with E-state index in [1.54, 1.807) is 52.0 Å². The number of ether oxygens (including phenoxy) is 5. The molecule has 63 heavy (non-hydrogen) atoms. The summed E-state index contributed by atoms with van der Waals surface area (Å²) in [6, 6.07) is 12.2. The molecule has 1 aromatic heterocycles. The first-order valence-electron chi connectivity index (χ1n) is 21.9. The van der Waals surface area contributed by atoms with Crippen LogP contribution in [-0.4, -0.2) is 138 Å². The van der Waals surface area contributed by atoms with Gasteiger partial charge in [0.05, 0.1) is 42.0 Å². The van der Waals surface area contributed by atoms with E-state index in [2.05, 4.69) is 10.5 Å². The third-order valence-electron chi connectivity index (χ3n) is 13.0. The molecule has 16 nitrogen and oxygen atoms in total. The third kappa shape index (κ3) is 10.8. The first-order valence-corrected chi connectivity index (χ1v) is 22.7. The molecule has 17 heteroatoms. The van der Waals surface area contributed by atoms with Crippen LogP contribution in [-0.2, 0) is 49.3 Å². The zero-order valence-corrected chi connectivity index (χ0v) is 38.8. The summed E-state index contributed by atoms with van der Waals surface area (Å²) in [5, 5.41) is 31.5. The molecule has 346 valence electrons. The number of Topliss-reactive ketones (excluding diaryl/α,β-unsaturated/α-hetero) is 1. The van der Waals surface area contributed by atoms with Crippen LogP contribution in [0.25, 0.3) is 0 Å². The summed E-state index contributed by atoms with van der Waals surface area (Å²) in [5.74, 6) is -5.95. The van der Waals surface area contributed by atoms with E-state index in [1.165, 1.54) is 25.2 Å². The summed E-state index contributed by atoms with van der Waals surface area (Å²) in [7, 11) is 3.72. The Morgan fingerprint density at radius 1 is 1.02 bits per heavy atom. The van der Waals surface area contributed by atoms with Crippen molar-refractivity contribution in [2.24, 2.45) is 33.8 Å². The third-order valence-corrected chi connectivity index (χ3v) is 14.1. The Labute approximate surface area is 373 Å². The lowest BCUT2D eigenvalue weighted by molar-refractivity contribution is -0.296. The zero-order chi connectivity index (χ0) is 46.0. The number of hydrogen-bond acceptors (Lipinski definition) is 15. The predicted octanol–water partition coefficient (Wildman–Crippen LogP) is 4.84. The van der Waals surface area contributed by atoms with E-state index in [0.29, 0.717) is 27.6 Å². The lowest BCUT2D eigenvalue weighted by Gasteiger charge is -2.47. The Hall–Kier alpha value is -3.94. The van der Waals surface area contributed by atoms with Crippen LogP contribution in [0.1, 0.15) is 89.2 Å². The fourth-order valence-electron chi connectivity index (χ4n) is 9.44. The number of cyclic esters (lactones) is 1. The highest BCUT2D eigenvalue weighted by Crippen LogP contribution is 2.40. The van der Waals surface area contributed by atoms with Crippen molar-refractivity contribution in [3.8, 4) is 0 Å². The van der Waals surface area contributed by atoms with Crippen LogP contribution in [0, 0.1) is 23.7 Å². The number of aliphatic hydroxyl groups is 2. The van der Waals surface area contributed by atoms with Crippen molar-refractivity contribution in [2.75, 3.05) is 32.6 Å². The van der Waals surface area contributed by atoms with Crippen LogP contribution >= 0.6 is 11.3 Å². The van der Waals surface area contributed by atoms with Crippen molar-refractivity contribution >= 4 is 52.0 Å². The maximum absolute atomic E-state index is 14.5. The number of rotatable bonds is 8. The van der Waals surface area contributed by atoms with Crippen LogP contribution in [0.15, 0.2) is 52.6 Å². The van der Waals surface area contributed by atoms with Gasteiger partial charge in [0.1, 0.15) is 29.4 Å². The number of carbonyl (C=O) groups excluding carboxylic acids is 4. The molecule has 0 spiro atoms. The Morgan fingerprint density at radius 2 is 1.73 bits per heavy atom. The molecule has 6 rings (SSSR count). The quantitative estimate of drug-likeness (QED) is 0.240. The predicted molar refractivity (Wildman–Crippen MR) is 236 cm³/mol. The number of nitrogens with one attached hydrogen (secondary N) is 1. The molecule has 0 saturated carbocycles. The summed E-state index contributed by atoms with van der Waals surface area (Å²) in [6.07, 6.45) is -6.37. The van der Waals surface area contributed by atoms with E-state index in [1.807, 2.05) is 51.0 Å². The number of aliphatic hydroxyl groups excluding tert-OH is 1. The summed E-state index contributed by atoms with van der Waals surface area (Å²) in [5.41, 5.74) is -2.07. The van der Waals surface area contributed by atoms with Crippen LogP contribution in [0.3, 0.4) is 0 Å². The van der Waals surface area contributed by atoms with Gasteiger partial charge in [-0.05, 0) is 91.2 Å². The van der Waals surface area contributed by atoms with E-state index in [-0.39, 0.29) is 56.2 Å². The van der Waals surface area contributed by atoms with Crippen molar-refractivity contribution in [3.05, 3.63) is 52.2 Å². The molecular formula is C46H64N4O12S. The minimum absolute atomic E-state index is 0.0384. The van der Waals surface area contributed by atoms with Crippen molar-refractivity contribution in [1.82, 2.24) is 4.90 Å². The lowest BCUT2D eigenvalue weighted by Crippen LogP contribution is -2.60. The van der Waals surface area contributed by atoms with E-state index < -0.39 is 89.3 Å². The molecule has 2 aromatic rings. The standard InChI is InChI=1S/C46H64N4O12S/c1-11-35-46(8,56)40-26(4)36-24(2)21-45(7,39(27(5)37(51)28(6)43(55)60-35)61-44-38(52)32(50(9)10)19-25(3)59-44)58-23-30(22-57-40)49-62-33(41(53)48-36)20-31-17-18-34(63-31)42(54)47-29-15-13-12-14-16-29/h12-18,24-28,32-33,35,38-40,44,52,56H,11,19-23H2,1-10H3,(H,47,54)/b48-36?,49-30+/t24-,25-,26-,27+,28-,32+,33?,35-,38-,39-,40+,44+,45-,46-/m1/s1. The molecule has 2 amide bonds. The molecule has 0 radical (unpaired) electrons. The molecule has 4 bridgehead atoms.